The van der Waals surface area contributed by atoms with E-state index >= 15 is 0 Å². The number of amides is 1. The van der Waals surface area contributed by atoms with Gasteiger partial charge in [0.1, 0.15) is 11.9 Å². The van der Waals surface area contributed by atoms with E-state index in [0.717, 1.165) is 56.2 Å². The van der Waals surface area contributed by atoms with Crippen molar-refractivity contribution in [3.8, 4) is 5.75 Å². The first-order valence-electron chi connectivity index (χ1n) is 11.3. The van der Waals surface area contributed by atoms with Crippen LogP contribution in [0.25, 0.3) is 0 Å². The molecule has 1 fully saturated rings. The van der Waals surface area contributed by atoms with E-state index in [-0.39, 0.29) is 12.0 Å². The van der Waals surface area contributed by atoms with Gasteiger partial charge in [-0.15, -0.1) is 0 Å². The molecule has 1 amide bonds. The van der Waals surface area contributed by atoms with Gasteiger partial charge in [-0.2, -0.15) is 0 Å². The van der Waals surface area contributed by atoms with Crippen molar-refractivity contribution in [2.45, 2.75) is 45.8 Å². The molecular formula is C25H34N4O2. The van der Waals surface area contributed by atoms with Gasteiger partial charge in [-0.1, -0.05) is 37.3 Å². The summed E-state index contributed by atoms with van der Waals surface area (Å²) < 4.78 is 6.11. The van der Waals surface area contributed by atoms with Crippen LogP contribution in [0.4, 0.5) is 0 Å². The van der Waals surface area contributed by atoms with Gasteiger partial charge in [0.25, 0.3) is 5.91 Å². The normalized spacial score (nSPS) is 14.9. The Kier molecular flexibility index (Phi) is 8.76. The second-order valence-corrected chi connectivity index (χ2v) is 7.74. The number of rotatable bonds is 8. The highest BCUT2D eigenvalue weighted by atomic mass is 16.5. The molecule has 31 heavy (non-hydrogen) atoms. The minimum Gasteiger partial charge on any atom is -0.490 e. The number of carbonyl (C=O) groups is 1. The molecule has 0 saturated carbocycles. The average Bonchev–Trinajstić information content (AvgIpc) is 2.81. The minimum atomic E-state index is -0.0277. The highest BCUT2D eigenvalue weighted by molar-refractivity contribution is 5.94. The van der Waals surface area contributed by atoms with Gasteiger partial charge in [-0.3, -0.25) is 4.79 Å². The van der Waals surface area contributed by atoms with Crippen LogP contribution in [-0.2, 0) is 6.54 Å². The molecule has 0 aromatic heterocycles. The number of hydrogen-bond acceptors (Lipinski definition) is 3. The summed E-state index contributed by atoms with van der Waals surface area (Å²) in [5.74, 6) is 1.82. The average molecular weight is 423 g/mol. The number of nitrogens with one attached hydrogen (secondary N) is 2. The van der Waals surface area contributed by atoms with Crippen molar-refractivity contribution in [3.63, 3.8) is 0 Å². The predicted octanol–water partition coefficient (Wildman–Crippen LogP) is 3.84. The van der Waals surface area contributed by atoms with E-state index in [1.165, 1.54) is 0 Å². The van der Waals surface area contributed by atoms with Crippen LogP contribution < -0.4 is 15.4 Å². The largest absolute Gasteiger partial charge is 0.490 e. The van der Waals surface area contributed by atoms with Crippen molar-refractivity contribution in [2.24, 2.45) is 4.99 Å². The highest BCUT2D eigenvalue weighted by Gasteiger charge is 2.22. The van der Waals surface area contributed by atoms with Gasteiger partial charge in [0.05, 0.1) is 6.54 Å². The molecule has 1 heterocycles. The van der Waals surface area contributed by atoms with Crippen molar-refractivity contribution in [2.75, 3.05) is 26.2 Å². The zero-order valence-electron chi connectivity index (χ0n) is 18.6. The van der Waals surface area contributed by atoms with E-state index in [0.29, 0.717) is 18.7 Å². The lowest BCUT2D eigenvalue weighted by atomic mass is 10.1. The van der Waals surface area contributed by atoms with Gasteiger partial charge in [0, 0.05) is 44.6 Å². The smallest absolute Gasteiger partial charge is 0.251 e. The number of benzene rings is 2. The Bertz CT molecular complexity index is 846. The van der Waals surface area contributed by atoms with Gasteiger partial charge in [0.2, 0.25) is 0 Å². The quantitative estimate of drug-likeness (QED) is 0.501. The van der Waals surface area contributed by atoms with Crippen LogP contribution in [0.5, 0.6) is 5.75 Å². The number of likely N-dealkylation sites (tertiary alicyclic amines) is 1. The molecule has 1 saturated heterocycles. The maximum absolute atomic E-state index is 12.2. The summed E-state index contributed by atoms with van der Waals surface area (Å²) in [6, 6.07) is 17.7. The predicted molar refractivity (Wildman–Crippen MR) is 126 cm³/mol. The first kappa shape index (κ1) is 22.7. The summed E-state index contributed by atoms with van der Waals surface area (Å²) in [7, 11) is 0. The third-order valence-corrected chi connectivity index (χ3v) is 5.26. The minimum absolute atomic E-state index is 0.0277. The van der Waals surface area contributed by atoms with Crippen molar-refractivity contribution in [1.82, 2.24) is 15.5 Å². The Morgan fingerprint density at radius 1 is 1.06 bits per heavy atom. The SMILES string of the molecule is CCCNC(=O)c1cccc(CN=C(NCC)N2CCC(Oc3ccccc3)CC2)c1. The van der Waals surface area contributed by atoms with Crippen LogP contribution in [0, 0.1) is 0 Å². The van der Waals surface area contributed by atoms with E-state index in [1.54, 1.807) is 0 Å². The Balaban J connectivity index is 1.57. The number of carbonyl (C=O) groups excluding carboxylic acids is 1. The maximum Gasteiger partial charge on any atom is 0.251 e. The van der Waals surface area contributed by atoms with Gasteiger partial charge < -0.3 is 20.3 Å². The summed E-state index contributed by atoms with van der Waals surface area (Å²) in [5, 5.41) is 6.34. The Hall–Kier alpha value is -3.02. The molecule has 0 spiro atoms. The number of nitrogens with zero attached hydrogens (tertiary/aromatic N) is 2. The first-order chi connectivity index (χ1) is 15.2. The van der Waals surface area contributed by atoms with Crippen LogP contribution in [0.3, 0.4) is 0 Å². The zero-order valence-corrected chi connectivity index (χ0v) is 18.6. The summed E-state index contributed by atoms with van der Waals surface area (Å²) in [4.78, 5) is 19.4. The molecule has 0 atom stereocenters. The molecule has 0 aliphatic carbocycles. The van der Waals surface area contributed by atoms with Gasteiger partial charge >= 0.3 is 0 Å². The summed E-state index contributed by atoms with van der Waals surface area (Å²) >= 11 is 0. The first-order valence-corrected chi connectivity index (χ1v) is 11.3. The van der Waals surface area contributed by atoms with Crippen molar-refractivity contribution in [1.29, 1.82) is 0 Å². The van der Waals surface area contributed by atoms with Gasteiger partial charge in [-0.05, 0) is 43.2 Å². The van der Waals surface area contributed by atoms with Crippen LogP contribution in [0.15, 0.2) is 59.6 Å². The zero-order chi connectivity index (χ0) is 21.9. The molecule has 2 N–H and O–H groups in total. The molecule has 0 radical (unpaired) electrons. The van der Waals surface area contributed by atoms with Gasteiger partial charge in [-0.25, -0.2) is 4.99 Å². The summed E-state index contributed by atoms with van der Waals surface area (Å²) in [6.45, 7) is 7.99. The molecule has 166 valence electrons. The van der Waals surface area contributed by atoms with Crippen LogP contribution in [0.1, 0.15) is 49.0 Å². The standard InChI is InChI=1S/C25H34N4O2/c1-3-15-27-24(30)21-10-8-9-20(18-21)19-28-25(26-4-2)29-16-13-23(14-17-29)31-22-11-6-5-7-12-22/h5-12,18,23H,3-4,13-17,19H2,1-2H3,(H,26,28)(H,27,30). The lowest BCUT2D eigenvalue weighted by Crippen LogP contribution is -2.47. The van der Waals surface area contributed by atoms with E-state index < -0.39 is 0 Å². The molecule has 6 heteroatoms. The number of aliphatic imine (C=N–C) groups is 1. The highest BCUT2D eigenvalue weighted by Crippen LogP contribution is 2.19. The molecular weight excluding hydrogens is 388 g/mol. The lowest BCUT2D eigenvalue weighted by molar-refractivity contribution is 0.0953. The fraction of sp³-hybridized carbons (Fsp3) is 0.440. The third kappa shape index (κ3) is 7.02. The fourth-order valence-electron chi connectivity index (χ4n) is 3.62. The Labute approximate surface area is 185 Å². The molecule has 2 aromatic rings. The summed E-state index contributed by atoms with van der Waals surface area (Å²) in [5.41, 5.74) is 1.71. The van der Waals surface area contributed by atoms with Crippen LogP contribution >= 0.6 is 0 Å². The van der Waals surface area contributed by atoms with Gasteiger partial charge in [0.15, 0.2) is 5.96 Å². The third-order valence-electron chi connectivity index (χ3n) is 5.26. The number of guanidine groups is 1. The van der Waals surface area contributed by atoms with E-state index in [9.17, 15) is 4.79 Å². The van der Waals surface area contributed by atoms with E-state index in [1.807, 2.05) is 61.5 Å². The monoisotopic (exact) mass is 422 g/mol. The van der Waals surface area contributed by atoms with E-state index in [2.05, 4.69) is 22.5 Å². The van der Waals surface area contributed by atoms with Crippen LogP contribution in [-0.4, -0.2) is 49.0 Å². The molecule has 1 aliphatic rings. The molecule has 1 aliphatic heterocycles. The molecule has 3 rings (SSSR count). The molecule has 2 aromatic carbocycles. The lowest BCUT2D eigenvalue weighted by Gasteiger charge is -2.34. The second-order valence-electron chi connectivity index (χ2n) is 7.74. The van der Waals surface area contributed by atoms with Crippen molar-refractivity contribution in [3.05, 3.63) is 65.7 Å². The van der Waals surface area contributed by atoms with Crippen molar-refractivity contribution < 1.29 is 9.53 Å². The number of piperidine rings is 1. The molecule has 6 nitrogen and oxygen atoms in total. The second kappa shape index (κ2) is 12.0. The van der Waals surface area contributed by atoms with E-state index in [4.69, 9.17) is 9.73 Å². The topological polar surface area (TPSA) is 66.0 Å². The van der Waals surface area contributed by atoms with Crippen LogP contribution in [0.2, 0.25) is 0 Å². The molecule has 0 bridgehead atoms. The number of ether oxygens (including phenoxy) is 1. The maximum atomic E-state index is 12.2. The van der Waals surface area contributed by atoms with Crippen molar-refractivity contribution >= 4 is 11.9 Å². The number of para-hydroxylation sites is 1. The fourth-order valence-corrected chi connectivity index (χ4v) is 3.62. The Morgan fingerprint density at radius 2 is 1.84 bits per heavy atom. The molecule has 0 unspecified atom stereocenters. The number of hydrogen-bond donors (Lipinski definition) is 2. The summed E-state index contributed by atoms with van der Waals surface area (Å²) in [6.07, 6.45) is 3.09. The Morgan fingerprint density at radius 3 is 2.55 bits per heavy atom.